The molecule has 1 saturated heterocycles. The van der Waals surface area contributed by atoms with Crippen molar-refractivity contribution in [2.45, 2.75) is 62.7 Å². The number of hydrogen-bond donors (Lipinski definition) is 3. The van der Waals surface area contributed by atoms with Crippen LogP contribution in [0.2, 0.25) is 0 Å². The highest BCUT2D eigenvalue weighted by atomic mass is 19.3. The normalized spacial score (nSPS) is 21.8. The van der Waals surface area contributed by atoms with E-state index in [0.717, 1.165) is 5.56 Å². The summed E-state index contributed by atoms with van der Waals surface area (Å²) < 4.78 is 35.5. The molecule has 4 N–H and O–H groups in total. The highest BCUT2D eigenvalue weighted by Gasteiger charge is 2.46. The van der Waals surface area contributed by atoms with E-state index in [1.807, 2.05) is 6.07 Å². The van der Waals surface area contributed by atoms with Crippen molar-refractivity contribution in [3.8, 4) is 11.6 Å². The van der Waals surface area contributed by atoms with Gasteiger partial charge < -0.3 is 25.6 Å². The first-order chi connectivity index (χ1) is 19.6. The molecule has 1 amide bonds. The average molecular weight is 569 g/mol. The van der Waals surface area contributed by atoms with Crippen molar-refractivity contribution < 1.29 is 28.5 Å². The van der Waals surface area contributed by atoms with Gasteiger partial charge in [-0.2, -0.15) is 0 Å². The molecule has 218 valence electrons. The molecule has 0 spiro atoms. The number of nitrogen functional groups attached to an aromatic ring is 1. The fourth-order valence-corrected chi connectivity index (χ4v) is 5.84. The Kier molecular flexibility index (Phi) is 8.10. The van der Waals surface area contributed by atoms with Gasteiger partial charge in [-0.15, -0.1) is 0 Å². The number of alkyl halides is 2. The summed E-state index contributed by atoms with van der Waals surface area (Å²) in [6, 6.07) is 15.6. The minimum atomic E-state index is -2.81. The van der Waals surface area contributed by atoms with Gasteiger partial charge >= 0.3 is 0 Å². The number of nitrogens with zero attached hydrogens (tertiary/aromatic N) is 3. The fraction of sp³-hybridized carbons (Fsp3) is 0.433. The zero-order chi connectivity index (χ0) is 29.2. The summed E-state index contributed by atoms with van der Waals surface area (Å²) in [6.45, 7) is 0.231. The first-order valence-electron chi connectivity index (χ1n) is 13.7. The van der Waals surface area contributed by atoms with Crippen molar-refractivity contribution in [1.29, 1.82) is 0 Å². The standard InChI is InChI=1S/C30H34F2N4O5/c31-30(32)10-9-23(24(16-30)21-6-2-1-3-7-21)27(38)35-13-11-29(40,12-14-35)18-36-19-34-26(25(33)28(36)39)41-22-8-4-5-20(15-22)17-37/h1-8,15,19,23-24,37,40H,9-14,16-18,33H2/t23-,24+/m1/s1. The first kappa shape index (κ1) is 28.7. The highest BCUT2D eigenvalue weighted by molar-refractivity contribution is 5.80. The monoisotopic (exact) mass is 568 g/mol. The quantitative estimate of drug-likeness (QED) is 0.396. The maximum atomic E-state index is 14.3. The van der Waals surface area contributed by atoms with Crippen LogP contribution in [0.4, 0.5) is 14.5 Å². The number of aliphatic hydroxyl groups excluding tert-OH is 1. The van der Waals surface area contributed by atoms with Crippen LogP contribution in [0.1, 0.15) is 49.1 Å². The van der Waals surface area contributed by atoms with E-state index in [1.165, 1.54) is 10.9 Å². The molecule has 9 nitrogen and oxygen atoms in total. The number of aromatic nitrogens is 2. The number of carbonyl (C=O) groups is 1. The minimum absolute atomic E-state index is 0.0758. The van der Waals surface area contributed by atoms with Crippen LogP contribution in [0, 0.1) is 5.92 Å². The van der Waals surface area contributed by atoms with Crippen molar-refractivity contribution in [3.63, 3.8) is 0 Å². The van der Waals surface area contributed by atoms with E-state index in [0.29, 0.717) is 11.3 Å². The molecule has 2 aliphatic rings. The third kappa shape index (κ3) is 6.41. The molecule has 1 aliphatic carbocycles. The van der Waals surface area contributed by atoms with Crippen LogP contribution in [0.25, 0.3) is 0 Å². The second kappa shape index (κ2) is 11.6. The molecule has 2 heterocycles. The predicted octanol–water partition coefficient (Wildman–Crippen LogP) is 3.68. The van der Waals surface area contributed by atoms with Crippen molar-refractivity contribution in [2.75, 3.05) is 18.8 Å². The number of nitrogens with two attached hydrogens (primary N) is 1. The van der Waals surface area contributed by atoms with Crippen LogP contribution in [0.5, 0.6) is 11.6 Å². The van der Waals surface area contributed by atoms with Gasteiger partial charge in [0, 0.05) is 37.8 Å². The molecule has 41 heavy (non-hydrogen) atoms. The summed E-state index contributed by atoms with van der Waals surface area (Å²) in [7, 11) is 0. The van der Waals surface area contributed by atoms with Gasteiger partial charge in [0.1, 0.15) is 12.1 Å². The zero-order valence-electron chi connectivity index (χ0n) is 22.6. The molecule has 2 fully saturated rings. The molecular weight excluding hydrogens is 534 g/mol. The van der Waals surface area contributed by atoms with Crippen molar-refractivity contribution in [2.24, 2.45) is 5.92 Å². The summed E-state index contributed by atoms with van der Waals surface area (Å²) in [5.41, 5.74) is 5.29. The molecule has 1 aliphatic heterocycles. The van der Waals surface area contributed by atoms with Crippen LogP contribution in [-0.4, -0.2) is 55.2 Å². The largest absolute Gasteiger partial charge is 0.437 e. The number of likely N-dealkylation sites (tertiary alicyclic amines) is 1. The van der Waals surface area contributed by atoms with Crippen molar-refractivity contribution in [3.05, 3.63) is 82.4 Å². The van der Waals surface area contributed by atoms with Gasteiger partial charge in [0.2, 0.25) is 17.7 Å². The Hall–Kier alpha value is -3.83. The molecule has 2 atom stereocenters. The Morgan fingerprint density at radius 2 is 1.83 bits per heavy atom. The Morgan fingerprint density at radius 3 is 2.54 bits per heavy atom. The number of anilines is 1. The van der Waals surface area contributed by atoms with Crippen LogP contribution in [0.15, 0.2) is 65.7 Å². The van der Waals surface area contributed by atoms with E-state index in [4.69, 9.17) is 10.5 Å². The second-order valence-electron chi connectivity index (χ2n) is 11.1. The van der Waals surface area contributed by atoms with Crippen LogP contribution in [0.3, 0.4) is 0 Å². The number of amides is 1. The zero-order valence-corrected chi connectivity index (χ0v) is 22.6. The summed E-state index contributed by atoms with van der Waals surface area (Å²) in [6.07, 6.45) is 1.08. The van der Waals surface area contributed by atoms with E-state index < -0.39 is 28.9 Å². The molecule has 0 unspecified atom stereocenters. The Labute approximate surface area is 236 Å². The van der Waals surface area contributed by atoms with E-state index in [-0.39, 0.29) is 75.8 Å². The summed E-state index contributed by atoms with van der Waals surface area (Å²) in [4.78, 5) is 32.3. The molecule has 5 rings (SSSR count). The van der Waals surface area contributed by atoms with Crippen LogP contribution in [-0.2, 0) is 17.9 Å². The number of hydrogen-bond acceptors (Lipinski definition) is 7. The number of aliphatic hydroxyl groups is 2. The van der Waals surface area contributed by atoms with Gasteiger partial charge in [-0.05, 0) is 42.5 Å². The van der Waals surface area contributed by atoms with Crippen molar-refractivity contribution in [1.82, 2.24) is 14.5 Å². The Balaban J connectivity index is 1.24. The summed E-state index contributed by atoms with van der Waals surface area (Å²) >= 11 is 0. The summed E-state index contributed by atoms with van der Waals surface area (Å²) in [5, 5.41) is 20.6. The van der Waals surface area contributed by atoms with Gasteiger partial charge in [-0.25, -0.2) is 13.8 Å². The molecule has 0 radical (unpaired) electrons. The maximum Gasteiger partial charge on any atom is 0.280 e. The number of benzene rings is 2. The van der Waals surface area contributed by atoms with Crippen LogP contribution >= 0.6 is 0 Å². The van der Waals surface area contributed by atoms with E-state index >= 15 is 0 Å². The Morgan fingerprint density at radius 1 is 1.10 bits per heavy atom. The molecule has 11 heteroatoms. The third-order valence-corrected chi connectivity index (χ3v) is 8.17. The number of carbonyl (C=O) groups excluding carboxylic acids is 1. The van der Waals surface area contributed by atoms with E-state index in [1.54, 1.807) is 53.4 Å². The first-order valence-corrected chi connectivity index (χ1v) is 13.7. The number of halogens is 2. The van der Waals surface area contributed by atoms with Gasteiger partial charge in [0.15, 0.2) is 5.69 Å². The number of ether oxygens (including phenoxy) is 1. The molecule has 1 saturated carbocycles. The summed E-state index contributed by atoms with van der Waals surface area (Å²) in [5.74, 6) is -3.84. The molecule has 3 aromatic rings. The lowest BCUT2D eigenvalue weighted by Gasteiger charge is -2.42. The highest BCUT2D eigenvalue weighted by Crippen LogP contribution is 2.46. The SMILES string of the molecule is Nc1c(Oc2cccc(CO)c2)ncn(CC2(O)CCN(C(=O)[C@@H]3CCC(F)(F)C[C@H]3c3ccccc3)CC2)c1=O. The lowest BCUT2D eigenvalue weighted by molar-refractivity contribution is -0.145. The minimum Gasteiger partial charge on any atom is -0.437 e. The Bertz CT molecular complexity index is 1440. The van der Waals surface area contributed by atoms with Crippen LogP contribution < -0.4 is 16.0 Å². The molecule has 1 aromatic heterocycles. The van der Waals surface area contributed by atoms with Gasteiger partial charge in [0.05, 0.1) is 18.8 Å². The smallest absolute Gasteiger partial charge is 0.280 e. The average Bonchev–Trinajstić information content (AvgIpc) is 2.97. The fourth-order valence-electron chi connectivity index (χ4n) is 5.84. The molecular formula is C30H34F2N4O5. The van der Waals surface area contributed by atoms with E-state index in [9.17, 15) is 28.6 Å². The third-order valence-electron chi connectivity index (χ3n) is 8.17. The number of piperidine rings is 1. The van der Waals surface area contributed by atoms with Gasteiger partial charge in [0.25, 0.3) is 5.56 Å². The van der Waals surface area contributed by atoms with E-state index in [2.05, 4.69) is 4.98 Å². The maximum absolute atomic E-state index is 14.3. The molecule has 0 bridgehead atoms. The van der Waals surface area contributed by atoms with Crippen molar-refractivity contribution >= 4 is 11.6 Å². The number of rotatable bonds is 7. The lowest BCUT2D eigenvalue weighted by Crippen LogP contribution is -2.52. The second-order valence-corrected chi connectivity index (χ2v) is 11.1. The topological polar surface area (TPSA) is 131 Å². The van der Waals surface area contributed by atoms with Gasteiger partial charge in [-0.3, -0.25) is 14.2 Å². The van der Waals surface area contributed by atoms with Gasteiger partial charge in [-0.1, -0.05) is 42.5 Å². The molecule has 2 aromatic carbocycles. The predicted molar refractivity (Wildman–Crippen MR) is 148 cm³/mol. The lowest BCUT2D eigenvalue weighted by atomic mass is 9.73.